The third kappa shape index (κ3) is 2.31. The normalized spacial score (nSPS) is 10.3. The molecule has 1 N–H and O–H groups in total. The molecule has 5 nitrogen and oxygen atoms in total. The fourth-order valence-corrected chi connectivity index (χ4v) is 1.85. The molecular formula is C12H11ClN2O3. The third-order valence-corrected chi connectivity index (χ3v) is 2.92. The topological polar surface area (TPSA) is 64.4 Å². The summed E-state index contributed by atoms with van der Waals surface area (Å²) in [6.45, 7) is 0.357. The Bertz CT molecular complexity index is 580. The minimum absolute atomic E-state index is 0.00781. The van der Waals surface area contributed by atoms with Gasteiger partial charge in [-0.1, -0.05) is 29.8 Å². The third-order valence-electron chi connectivity index (χ3n) is 2.52. The highest BCUT2D eigenvalue weighted by molar-refractivity contribution is 6.32. The number of para-hydroxylation sites is 1. The summed E-state index contributed by atoms with van der Waals surface area (Å²) in [6, 6.07) is 7.42. The van der Waals surface area contributed by atoms with Gasteiger partial charge in [0.05, 0.1) is 19.9 Å². The first-order chi connectivity index (χ1) is 8.63. The predicted octanol–water partition coefficient (Wildman–Crippen LogP) is 2.29. The van der Waals surface area contributed by atoms with Crippen LogP contribution in [0.15, 0.2) is 30.5 Å². The Morgan fingerprint density at radius 1 is 1.50 bits per heavy atom. The van der Waals surface area contributed by atoms with E-state index < -0.39 is 5.97 Å². The minimum atomic E-state index is -1.09. The number of rotatable bonds is 4. The van der Waals surface area contributed by atoms with E-state index in [1.54, 1.807) is 7.11 Å². The molecule has 1 aromatic heterocycles. The average Bonchev–Trinajstić information content (AvgIpc) is 2.72. The highest BCUT2D eigenvalue weighted by Crippen LogP contribution is 2.22. The van der Waals surface area contributed by atoms with Crippen molar-refractivity contribution in [3.8, 4) is 5.75 Å². The summed E-state index contributed by atoms with van der Waals surface area (Å²) in [6.07, 6.45) is 1.24. The lowest BCUT2D eigenvalue weighted by molar-refractivity contribution is 0.0697. The van der Waals surface area contributed by atoms with Crippen molar-refractivity contribution in [2.45, 2.75) is 6.54 Å². The molecule has 1 heterocycles. The van der Waals surface area contributed by atoms with Crippen LogP contribution in [0.2, 0.25) is 5.15 Å². The zero-order chi connectivity index (χ0) is 13.1. The fourth-order valence-electron chi connectivity index (χ4n) is 1.62. The highest BCUT2D eigenvalue weighted by atomic mass is 35.5. The van der Waals surface area contributed by atoms with Gasteiger partial charge in [-0.15, -0.1) is 0 Å². The standard InChI is InChI=1S/C12H11ClN2O3/c1-18-10-5-3-2-4-8(10)7-15-11(13)9(6-14-15)12(16)17/h2-6H,7H2,1H3,(H,16,17). The summed E-state index contributed by atoms with van der Waals surface area (Å²) in [4.78, 5) is 10.8. The summed E-state index contributed by atoms with van der Waals surface area (Å²) >= 11 is 5.94. The number of carbonyl (C=O) groups is 1. The van der Waals surface area contributed by atoms with Crippen molar-refractivity contribution in [2.75, 3.05) is 7.11 Å². The van der Waals surface area contributed by atoms with E-state index in [1.165, 1.54) is 10.9 Å². The maximum absolute atomic E-state index is 10.8. The molecule has 2 rings (SSSR count). The van der Waals surface area contributed by atoms with Gasteiger partial charge in [0, 0.05) is 5.56 Å². The van der Waals surface area contributed by atoms with Gasteiger partial charge in [0.25, 0.3) is 0 Å². The minimum Gasteiger partial charge on any atom is -0.496 e. The molecular weight excluding hydrogens is 256 g/mol. The Labute approximate surface area is 109 Å². The molecule has 0 aliphatic heterocycles. The molecule has 6 heteroatoms. The zero-order valence-corrected chi connectivity index (χ0v) is 10.4. The van der Waals surface area contributed by atoms with Crippen LogP contribution in [0.25, 0.3) is 0 Å². The van der Waals surface area contributed by atoms with Crippen LogP contribution in [0.5, 0.6) is 5.75 Å². The zero-order valence-electron chi connectivity index (χ0n) is 9.63. The van der Waals surface area contributed by atoms with Gasteiger partial charge < -0.3 is 9.84 Å². The number of nitrogens with zero attached hydrogens (tertiary/aromatic N) is 2. The van der Waals surface area contributed by atoms with Gasteiger partial charge in [0.15, 0.2) is 0 Å². The Morgan fingerprint density at radius 3 is 2.83 bits per heavy atom. The molecule has 0 aliphatic rings. The molecule has 0 aliphatic carbocycles. The van der Waals surface area contributed by atoms with Crippen molar-refractivity contribution in [3.63, 3.8) is 0 Å². The second kappa shape index (κ2) is 5.10. The number of aromatic nitrogens is 2. The van der Waals surface area contributed by atoms with Crippen LogP contribution in [0.4, 0.5) is 0 Å². The molecule has 1 aromatic carbocycles. The SMILES string of the molecule is COc1ccccc1Cn1ncc(C(=O)O)c1Cl. The number of halogens is 1. The van der Waals surface area contributed by atoms with E-state index in [0.717, 1.165) is 5.56 Å². The van der Waals surface area contributed by atoms with Gasteiger partial charge in [-0.2, -0.15) is 5.10 Å². The number of ether oxygens (including phenoxy) is 1. The first-order valence-corrected chi connectivity index (χ1v) is 5.57. The van der Waals surface area contributed by atoms with Crippen LogP contribution in [0, 0.1) is 0 Å². The Morgan fingerprint density at radius 2 is 2.22 bits per heavy atom. The van der Waals surface area contributed by atoms with E-state index in [1.807, 2.05) is 24.3 Å². The Kier molecular flexibility index (Phi) is 3.53. The summed E-state index contributed by atoms with van der Waals surface area (Å²) in [5.41, 5.74) is 0.869. The van der Waals surface area contributed by atoms with E-state index >= 15 is 0 Å². The van der Waals surface area contributed by atoms with Crippen molar-refractivity contribution in [1.29, 1.82) is 0 Å². The van der Waals surface area contributed by atoms with Gasteiger partial charge in [-0.25, -0.2) is 9.48 Å². The molecule has 0 spiro atoms. The number of hydrogen-bond donors (Lipinski definition) is 1. The molecule has 0 saturated heterocycles. The predicted molar refractivity (Wildman–Crippen MR) is 66.3 cm³/mol. The van der Waals surface area contributed by atoms with E-state index in [9.17, 15) is 4.79 Å². The van der Waals surface area contributed by atoms with E-state index in [-0.39, 0.29) is 10.7 Å². The quantitative estimate of drug-likeness (QED) is 0.922. The molecule has 0 atom stereocenters. The van der Waals surface area contributed by atoms with Crippen molar-refractivity contribution in [1.82, 2.24) is 9.78 Å². The van der Waals surface area contributed by atoms with Gasteiger partial charge in [-0.3, -0.25) is 0 Å². The molecule has 2 aromatic rings. The van der Waals surface area contributed by atoms with Crippen LogP contribution < -0.4 is 4.74 Å². The Hall–Kier alpha value is -2.01. The van der Waals surface area contributed by atoms with E-state index in [4.69, 9.17) is 21.4 Å². The summed E-state index contributed by atoms with van der Waals surface area (Å²) in [5.74, 6) is -0.382. The molecule has 18 heavy (non-hydrogen) atoms. The molecule has 0 unspecified atom stereocenters. The molecule has 0 amide bonds. The highest BCUT2D eigenvalue weighted by Gasteiger charge is 2.15. The van der Waals surface area contributed by atoms with Gasteiger partial charge in [0.1, 0.15) is 16.5 Å². The Balaban J connectivity index is 2.32. The number of aromatic carboxylic acids is 1. The van der Waals surface area contributed by atoms with Crippen LogP contribution in [0.3, 0.4) is 0 Å². The van der Waals surface area contributed by atoms with Crippen molar-refractivity contribution < 1.29 is 14.6 Å². The van der Waals surface area contributed by atoms with Crippen LogP contribution in [-0.2, 0) is 6.54 Å². The second-order valence-corrected chi connectivity index (χ2v) is 3.98. The second-order valence-electron chi connectivity index (χ2n) is 3.62. The smallest absolute Gasteiger partial charge is 0.340 e. The average molecular weight is 267 g/mol. The fraction of sp³-hybridized carbons (Fsp3) is 0.167. The van der Waals surface area contributed by atoms with Gasteiger partial charge >= 0.3 is 5.97 Å². The van der Waals surface area contributed by atoms with Crippen molar-refractivity contribution >= 4 is 17.6 Å². The number of carboxylic acids is 1. The monoisotopic (exact) mass is 266 g/mol. The lowest BCUT2D eigenvalue weighted by Crippen LogP contribution is -2.04. The molecule has 0 saturated carbocycles. The number of hydrogen-bond acceptors (Lipinski definition) is 3. The summed E-state index contributed by atoms with van der Waals surface area (Å²) < 4.78 is 6.63. The van der Waals surface area contributed by atoms with E-state index in [0.29, 0.717) is 12.3 Å². The number of benzene rings is 1. The number of methoxy groups -OCH3 is 1. The first-order valence-electron chi connectivity index (χ1n) is 5.20. The van der Waals surface area contributed by atoms with Crippen molar-refractivity contribution in [2.24, 2.45) is 0 Å². The van der Waals surface area contributed by atoms with Gasteiger partial charge in [-0.05, 0) is 6.07 Å². The molecule has 0 radical (unpaired) electrons. The van der Waals surface area contributed by atoms with Gasteiger partial charge in [0.2, 0.25) is 0 Å². The maximum atomic E-state index is 10.8. The lowest BCUT2D eigenvalue weighted by atomic mass is 10.2. The molecule has 94 valence electrons. The van der Waals surface area contributed by atoms with E-state index in [2.05, 4.69) is 5.10 Å². The maximum Gasteiger partial charge on any atom is 0.340 e. The van der Waals surface area contributed by atoms with Crippen LogP contribution in [-0.4, -0.2) is 28.0 Å². The molecule has 0 fully saturated rings. The first kappa shape index (κ1) is 12.4. The van der Waals surface area contributed by atoms with Crippen molar-refractivity contribution in [3.05, 3.63) is 46.7 Å². The lowest BCUT2D eigenvalue weighted by Gasteiger charge is -2.08. The number of carboxylic acid groups (broad SMARTS) is 1. The largest absolute Gasteiger partial charge is 0.496 e. The van der Waals surface area contributed by atoms with Crippen LogP contribution >= 0.6 is 11.6 Å². The van der Waals surface area contributed by atoms with Crippen LogP contribution in [0.1, 0.15) is 15.9 Å². The molecule has 0 bridgehead atoms. The summed E-state index contributed by atoms with van der Waals surface area (Å²) in [5, 5.41) is 12.9. The summed E-state index contributed by atoms with van der Waals surface area (Å²) in [7, 11) is 1.58.